The quantitative estimate of drug-likeness (QED) is 0.451. The van der Waals surface area contributed by atoms with Gasteiger partial charge in [0.15, 0.2) is 22.5 Å². The second kappa shape index (κ2) is 7.83. The van der Waals surface area contributed by atoms with E-state index >= 15 is 0 Å². The van der Waals surface area contributed by atoms with E-state index in [-0.39, 0.29) is 27.6 Å². The minimum absolute atomic E-state index is 0.0805. The van der Waals surface area contributed by atoms with Crippen molar-refractivity contribution in [1.29, 1.82) is 0 Å². The van der Waals surface area contributed by atoms with Crippen molar-refractivity contribution in [2.24, 2.45) is 0 Å². The summed E-state index contributed by atoms with van der Waals surface area (Å²) in [5.74, 6) is -0.772. The molecule has 0 aliphatic heterocycles. The van der Waals surface area contributed by atoms with Gasteiger partial charge < -0.3 is 4.42 Å². The number of carbonyl (C=O) groups excluding carboxylic acids is 1. The lowest BCUT2D eigenvalue weighted by molar-refractivity contribution is 0.0996. The first kappa shape index (κ1) is 19.8. The number of carbonyl (C=O) groups is 1. The van der Waals surface area contributed by atoms with Crippen LogP contribution < -0.4 is 10.7 Å². The summed E-state index contributed by atoms with van der Waals surface area (Å²) in [5.41, 5.74) is 3.41. The van der Waals surface area contributed by atoms with Crippen molar-refractivity contribution in [3.8, 4) is 11.3 Å². The zero-order valence-corrected chi connectivity index (χ0v) is 17.6. The number of anilines is 1. The number of hydrogen-bond acceptors (Lipinski definition) is 6. The van der Waals surface area contributed by atoms with E-state index < -0.39 is 11.3 Å². The van der Waals surface area contributed by atoms with Gasteiger partial charge in [0.2, 0.25) is 5.82 Å². The van der Waals surface area contributed by atoms with Crippen molar-refractivity contribution in [3.63, 3.8) is 0 Å². The van der Waals surface area contributed by atoms with Crippen LogP contribution in [0.5, 0.6) is 0 Å². The van der Waals surface area contributed by atoms with E-state index in [0.717, 1.165) is 30.9 Å². The van der Waals surface area contributed by atoms with Crippen LogP contribution in [-0.2, 0) is 12.8 Å². The molecule has 0 atom stereocenters. The molecule has 156 valence electrons. The fourth-order valence-electron chi connectivity index (χ4n) is 3.81. The average molecular weight is 456 g/mol. The van der Waals surface area contributed by atoms with Crippen LogP contribution in [0, 0.1) is 0 Å². The van der Waals surface area contributed by atoms with E-state index in [4.69, 9.17) is 32.2 Å². The standard InChI is InChI=1S/C22H15Cl2N3O4/c23-14-8-15-17(28)10-18(30-20(15)16(24)9-14)22(29)25-21-19(26-31-27-21)13-6-5-11-3-1-2-4-12(11)7-13/h5-10H,1-4H2,(H,25,27,29). The highest BCUT2D eigenvalue weighted by Crippen LogP contribution is 2.31. The highest BCUT2D eigenvalue weighted by molar-refractivity contribution is 6.38. The topological polar surface area (TPSA) is 98.2 Å². The Labute approximate surface area is 185 Å². The highest BCUT2D eigenvalue weighted by Gasteiger charge is 2.21. The number of nitrogens with zero attached hydrogens (tertiary/aromatic N) is 2. The van der Waals surface area contributed by atoms with Gasteiger partial charge in [-0.05, 0) is 65.3 Å². The van der Waals surface area contributed by atoms with Gasteiger partial charge in [0.1, 0.15) is 0 Å². The maximum atomic E-state index is 12.8. The normalized spacial score (nSPS) is 13.2. The molecule has 5 rings (SSSR count). The van der Waals surface area contributed by atoms with Gasteiger partial charge in [0.05, 0.1) is 10.4 Å². The Balaban J connectivity index is 1.47. The predicted molar refractivity (Wildman–Crippen MR) is 117 cm³/mol. The van der Waals surface area contributed by atoms with Crippen LogP contribution in [-0.4, -0.2) is 16.2 Å². The summed E-state index contributed by atoms with van der Waals surface area (Å²) >= 11 is 12.1. The monoisotopic (exact) mass is 455 g/mol. The first-order chi connectivity index (χ1) is 15.0. The van der Waals surface area contributed by atoms with Crippen molar-refractivity contribution in [3.05, 3.63) is 73.6 Å². The maximum absolute atomic E-state index is 12.8. The molecule has 0 unspecified atom stereocenters. The Morgan fingerprint density at radius 3 is 2.65 bits per heavy atom. The van der Waals surface area contributed by atoms with Gasteiger partial charge in [0, 0.05) is 16.7 Å². The number of benzene rings is 2. The molecule has 0 bridgehead atoms. The van der Waals surface area contributed by atoms with Crippen molar-refractivity contribution >= 4 is 45.9 Å². The van der Waals surface area contributed by atoms with E-state index in [2.05, 4.69) is 21.7 Å². The number of halogens is 2. The molecule has 2 aromatic carbocycles. The number of fused-ring (bicyclic) bond motifs is 2. The molecule has 4 aromatic rings. The molecule has 1 aliphatic carbocycles. The molecule has 0 fully saturated rings. The third-order valence-electron chi connectivity index (χ3n) is 5.31. The second-order valence-electron chi connectivity index (χ2n) is 7.35. The van der Waals surface area contributed by atoms with Crippen LogP contribution in [0.2, 0.25) is 10.0 Å². The van der Waals surface area contributed by atoms with Crippen molar-refractivity contribution in [2.45, 2.75) is 25.7 Å². The van der Waals surface area contributed by atoms with Crippen LogP contribution in [0.25, 0.3) is 22.2 Å². The van der Waals surface area contributed by atoms with Gasteiger partial charge in [0.25, 0.3) is 5.91 Å². The summed E-state index contributed by atoms with van der Waals surface area (Å²) in [5, 5.41) is 11.0. The Morgan fingerprint density at radius 1 is 1.00 bits per heavy atom. The summed E-state index contributed by atoms with van der Waals surface area (Å²) in [6.07, 6.45) is 4.40. The smallest absolute Gasteiger partial charge is 0.292 e. The summed E-state index contributed by atoms with van der Waals surface area (Å²) in [6, 6.07) is 10.00. The molecule has 0 spiro atoms. The number of aromatic nitrogens is 2. The van der Waals surface area contributed by atoms with Crippen LogP contribution in [0.15, 0.2) is 50.2 Å². The number of nitrogens with one attached hydrogen (secondary N) is 1. The third kappa shape index (κ3) is 3.71. The van der Waals surface area contributed by atoms with Gasteiger partial charge in [-0.3, -0.25) is 14.9 Å². The molecule has 2 heterocycles. The SMILES string of the molecule is O=C(Nc1nonc1-c1ccc2c(c1)CCCC2)c1cc(=O)c2cc(Cl)cc(Cl)c2o1. The molecule has 2 aromatic heterocycles. The van der Waals surface area contributed by atoms with E-state index in [1.54, 1.807) is 0 Å². The predicted octanol–water partition coefficient (Wildman–Crippen LogP) is 5.28. The fraction of sp³-hybridized carbons (Fsp3) is 0.182. The van der Waals surface area contributed by atoms with Crippen LogP contribution in [0.1, 0.15) is 34.5 Å². The molecule has 31 heavy (non-hydrogen) atoms. The molecular formula is C22H15Cl2N3O4. The van der Waals surface area contributed by atoms with Gasteiger partial charge >= 0.3 is 0 Å². The molecule has 1 amide bonds. The number of hydrogen-bond donors (Lipinski definition) is 1. The fourth-order valence-corrected chi connectivity index (χ4v) is 4.34. The van der Waals surface area contributed by atoms with Crippen LogP contribution >= 0.6 is 23.2 Å². The Hall–Kier alpha value is -3.16. The molecule has 9 heteroatoms. The lowest BCUT2D eigenvalue weighted by Crippen LogP contribution is -2.16. The molecule has 7 nitrogen and oxygen atoms in total. The average Bonchev–Trinajstić information content (AvgIpc) is 3.22. The largest absolute Gasteiger partial charge is 0.449 e. The molecule has 1 N–H and O–H groups in total. The zero-order valence-electron chi connectivity index (χ0n) is 16.1. The second-order valence-corrected chi connectivity index (χ2v) is 8.19. The molecular weight excluding hydrogens is 441 g/mol. The maximum Gasteiger partial charge on any atom is 0.292 e. The third-order valence-corrected chi connectivity index (χ3v) is 5.81. The van der Waals surface area contributed by atoms with Crippen molar-refractivity contribution < 1.29 is 13.8 Å². The first-order valence-corrected chi connectivity index (χ1v) is 10.4. The van der Waals surface area contributed by atoms with E-state index in [9.17, 15) is 9.59 Å². The molecule has 0 saturated carbocycles. The summed E-state index contributed by atoms with van der Waals surface area (Å²) in [4.78, 5) is 25.2. The van der Waals surface area contributed by atoms with Crippen LogP contribution in [0.3, 0.4) is 0 Å². The zero-order chi connectivity index (χ0) is 21.5. The van der Waals surface area contributed by atoms with Gasteiger partial charge in [-0.2, -0.15) is 0 Å². The van der Waals surface area contributed by atoms with Gasteiger partial charge in [-0.25, -0.2) is 4.63 Å². The number of aryl methyl sites for hydroxylation is 2. The Kier molecular flexibility index (Phi) is 5.00. The lowest BCUT2D eigenvalue weighted by atomic mass is 9.90. The number of amides is 1. The minimum atomic E-state index is -0.681. The van der Waals surface area contributed by atoms with Gasteiger partial charge in [-0.15, -0.1) is 0 Å². The van der Waals surface area contributed by atoms with Crippen LogP contribution in [0.4, 0.5) is 5.82 Å². The minimum Gasteiger partial charge on any atom is -0.449 e. The summed E-state index contributed by atoms with van der Waals surface area (Å²) < 4.78 is 10.4. The summed E-state index contributed by atoms with van der Waals surface area (Å²) in [6.45, 7) is 0. The Bertz CT molecular complexity index is 1390. The molecule has 0 saturated heterocycles. The van der Waals surface area contributed by atoms with Crippen molar-refractivity contribution in [2.75, 3.05) is 5.32 Å². The van der Waals surface area contributed by atoms with E-state index in [0.29, 0.717) is 10.7 Å². The lowest BCUT2D eigenvalue weighted by Gasteiger charge is -2.16. The number of rotatable bonds is 3. The highest BCUT2D eigenvalue weighted by atomic mass is 35.5. The molecule has 0 radical (unpaired) electrons. The van der Waals surface area contributed by atoms with Crippen molar-refractivity contribution in [1.82, 2.24) is 10.3 Å². The summed E-state index contributed by atoms with van der Waals surface area (Å²) in [7, 11) is 0. The Morgan fingerprint density at radius 2 is 1.81 bits per heavy atom. The molecule has 1 aliphatic rings. The van der Waals surface area contributed by atoms with E-state index in [1.807, 2.05) is 12.1 Å². The van der Waals surface area contributed by atoms with Gasteiger partial charge in [-0.1, -0.05) is 35.3 Å². The van der Waals surface area contributed by atoms with E-state index in [1.165, 1.54) is 29.7 Å². The first-order valence-electron chi connectivity index (χ1n) is 9.68.